The Balaban J connectivity index is 1.52. The minimum Gasteiger partial charge on any atom is -0.394 e. The SMILES string of the molecule is O=C(Nc1nc(Cl)c2ncn(C3OC(CO)C(O)[C@]34CCO4)c2n1)c1ccccc1. The fraction of sp³-hybridized carbons (Fsp3) is 0.368. The van der Waals surface area contributed by atoms with Crippen molar-refractivity contribution in [3.63, 3.8) is 0 Å². The van der Waals surface area contributed by atoms with Crippen molar-refractivity contribution in [1.29, 1.82) is 0 Å². The lowest BCUT2D eigenvalue weighted by Gasteiger charge is -2.44. The topological polar surface area (TPSA) is 132 Å². The average molecular weight is 432 g/mol. The number of rotatable bonds is 4. The summed E-state index contributed by atoms with van der Waals surface area (Å²) >= 11 is 6.28. The highest BCUT2D eigenvalue weighted by Gasteiger charge is 2.61. The summed E-state index contributed by atoms with van der Waals surface area (Å²) in [7, 11) is 0. The van der Waals surface area contributed by atoms with Gasteiger partial charge in [-0.05, 0) is 12.1 Å². The van der Waals surface area contributed by atoms with Crippen LogP contribution in [0.1, 0.15) is 23.0 Å². The van der Waals surface area contributed by atoms with Gasteiger partial charge in [-0.3, -0.25) is 14.7 Å². The maximum absolute atomic E-state index is 12.5. The molecule has 11 heteroatoms. The lowest BCUT2D eigenvalue weighted by Crippen LogP contribution is -2.56. The second-order valence-electron chi connectivity index (χ2n) is 7.19. The lowest BCUT2D eigenvalue weighted by molar-refractivity contribution is -0.225. The van der Waals surface area contributed by atoms with Crippen LogP contribution in [0, 0.1) is 0 Å². The van der Waals surface area contributed by atoms with Crippen LogP contribution in [0.4, 0.5) is 5.95 Å². The molecule has 3 N–H and O–H groups in total. The predicted molar refractivity (Wildman–Crippen MR) is 105 cm³/mol. The van der Waals surface area contributed by atoms with Crippen LogP contribution in [0.2, 0.25) is 5.15 Å². The first-order valence-corrected chi connectivity index (χ1v) is 9.76. The quantitative estimate of drug-likeness (QED) is 0.524. The van der Waals surface area contributed by atoms with Crippen LogP contribution < -0.4 is 5.32 Å². The molecule has 10 nitrogen and oxygen atoms in total. The van der Waals surface area contributed by atoms with Crippen molar-refractivity contribution < 1.29 is 24.5 Å². The number of aliphatic hydroxyl groups is 2. The lowest BCUT2D eigenvalue weighted by atomic mass is 9.86. The summed E-state index contributed by atoms with van der Waals surface area (Å²) in [5.74, 6) is -0.382. The third-order valence-corrected chi connectivity index (χ3v) is 5.77. The van der Waals surface area contributed by atoms with Crippen molar-refractivity contribution in [3.05, 3.63) is 47.4 Å². The molecule has 2 fully saturated rings. The molecule has 2 aliphatic rings. The summed E-state index contributed by atoms with van der Waals surface area (Å²) in [6, 6.07) is 8.64. The van der Waals surface area contributed by atoms with Gasteiger partial charge < -0.3 is 19.7 Å². The molecule has 156 valence electrons. The van der Waals surface area contributed by atoms with Crippen LogP contribution in [-0.4, -0.2) is 66.7 Å². The fourth-order valence-corrected chi connectivity index (χ4v) is 4.11. The largest absolute Gasteiger partial charge is 0.394 e. The number of carbonyl (C=O) groups excluding carboxylic acids is 1. The highest BCUT2D eigenvalue weighted by atomic mass is 35.5. The zero-order chi connectivity index (χ0) is 20.9. The number of anilines is 1. The second-order valence-corrected chi connectivity index (χ2v) is 7.55. The van der Waals surface area contributed by atoms with E-state index < -0.39 is 24.0 Å². The minimum atomic E-state index is -1.01. The molecule has 1 spiro atoms. The maximum Gasteiger partial charge on any atom is 0.258 e. The summed E-state index contributed by atoms with van der Waals surface area (Å²) in [4.78, 5) is 25.2. The molecular formula is C19H18ClN5O5. The van der Waals surface area contributed by atoms with Gasteiger partial charge in [0.1, 0.15) is 23.3 Å². The van der Waals surface area contributed by atoms with Crippen LogP contribution in [0.3, 0.4) is 0 Å². The Morgan fingerprint density at radius 3 is 2.77 bits per heavy atom. The van der Waals surface area contributed by atoms with E-state index in [1.165, 1.54) is 6.33 Å². The van der Waals surface area contributed by atoms with Crippen molar-refractivity contribution in [1.82, 2.24) is 19.5 Å². The van der Waals surface area contributed by atoms with E-state index in [4.69, 9.17) is 21.1 Å². The molecule has 0 radical (unpaired) electrons. The van der Waals surface area contributed by atoms with E-state index in [2.05, 4.69) is 20.3 Å². The number of aromatic nitrogens is 4. The number of halogens is 1. The normalized spacial score (nSPS) is 28.0. The van der Waals surface area contributed by atoms with E-state index in [9.17, 15) is 15.0 Å². The summed E-state index contributed by atoms with van der Waals surface area (Å²) in [6.45, 7) is 0.110. The molecule has 0 bridgehead atoms. The number of carbonyl (C=O) groups is 1. The van der Waals surface area contributed by atoms with Crippen molar-refractivity contribution in [3.8, 4) is 0 Å². The summed E-state index contributed by atoms with van der Waals surface area (Å²) < 4.78 is 13.2. The number of aliphatic hydroxyl groups excluding tert-OH is 2. The molecule has 1 amide bonds. The third kappa shape index (κ3) is 2.88. The molecule has 0 saturated carbocycles. The highest BCUT2D eigenvalue weighted by molar-refractivity contribution is 6.33. The summed E-state index contributed by atoms with van der Waals surface area (Å²) in [6.07, 6.45) is -0.567. The monoisotopic (exact) mass is 431 g/mol. The van der Waals surface area contributed by atoms with Gasteiger partial charge in [0.15, 0.2) is 17.0 Å². The molecule has 3 unspecified atom stereocenters. The zero-order valence-electron chi connectivity index (χ0n) is 15.6. The number of imidazole rings is 1. The van der Waals surface area contributed by atoms with Crippen molar-refractivity contribution in [2.75, 3.05) is 18.5 Å². The smallest absolute Gasteiger partial charge is 0.258 e. The van der Waals surface area contributed by atoms with Crippen LogP contribution >= 0.6 is 11.6 Å². The Kier molecular flexibility index (Phi) is 4.68. The number of hydrogen-bond donors (Lipinski definition) is 3. The highest BCUT2D eigenvalue weighted by Crippen LogP contribution is 2.49. The van der Waals surface area contributed by atoms with E-state index in [1.54, 1.807) is 28.8 Å². The van der Waals surface area contributed by atoms with Crippen LogP contribution in [0.15, 0.2) is 36.7 Å². The van der Waals surface area contributed by atoms with Crippen molar-refractivity contribution in [2.24, 2.45) is 0 Å². The van der Waals surface area contributed by atoms with Gasteiger partial charge in [-0.2, -0.15) is 9.97 Å². The predicted octanol–water partition coefficient (Wildman–Crippen LogP) is 1.14. The first kappa shape index (κ1) is 19.3. The van der Waals surface area contributed by atoms with Crippen LogP contribution in [-0.2, 0) is 9.47 Å². The molecule has 2 saturated heterocycles. The molecule has 30 heavy (non-hydrogen) atoms. The van der Waals surface area contributed by atoms with Gasteiger partial charge in [-0.1, -0.05) is 29.8 Å². The van der Waals surface area contributed by atoms with E-state index in [0.29, 0.717) is 29.8 Å². The molecule has 4 heterocycles. The molecule has 0 aliphatic carbocycles. The first-order chi connectivity index (χ1) is 14.5. The molecule has 1 aromatic carbocycles. The van der Waals surface area contributed by atoms with E-state index in [0.717, 1.165) is 0 Å². The first-order valence-electron chi connectivity index (χ1n) is 9.38. The Labute approximate surface area is 175 Å². The van der Waals surface area contributed by atoms with Gasteiger partial charge in [0.2, 0.25) is 5.95 Å². The van der Waals surface area contributed by atoms with Crippen molar-refractivity contribution >= 4 is 34.6 Å². The van der Waals surface area contributed by atoms with Crippen LogP contribution in [0.5, 0.6) is 0 Å². The molecular weight excluding hydrogens is 414 g/mol. The van der Waals surface area contributed by atoms with E-state index in [-0.39, 0.29) is 23.6 Å². The molecule has 4 atom stereocenters. The number of nitrogens with zero attached hydrogens (tertiary/aromatic N) is 4. The summed E-state index contributed by atoms with van der Waals surface area (Å²) in [5.41, 5.74) is 0.0606. The molecule has 5 rings (SSSR count). The Morgan fingerprint density at radius 1 is 1.33 bits per heavy atom. The standard InChI is InChI=1S/C19H18ClN5O5/c20-14-12-15(23-18(22-14)24-16(28)10-4-2-1-3-5-10)25(9-21-12)17-19(6-7-29-19)13(27)11(8-26)30-17/h1-5,9,11,13,17,26-27H,6-8H2,(H,22,23,24,28)/t11?,13?,17?,19-/m1/s1. The van der Waals surface area contributed by atoms with Gasteiger partial charge >= 0.3 is 0 Å². The zero-order valence-corrected chi connectivity index (χ0v) is 16.4. The Bertz CT molecular complexity index is 1100. The number of amides is 1. The molecule has 2 aromatic heterocycles. The number of fused-ring (bicyclic) bond motifs is 1. The number of hydrogen-bond acceptors (Lipinski definition) is 8. The van der Waals surface area contributed by atoms with Crippen LogP contribution in [0.25, 0.3) is 11.2 Å². The number of nitrogens with one attached hydrogen (secondary N) is 1. The number of ether oxygens (including phenoxy) is 2. The Hall–Kier alpha value is -2.63. The summed E-state index contributed by atoms with van der Waals surface area (Å²) in [5, 5.41) is 22.8. The second kappa shape index (κ2) is 7.25. The van der Waals surface area contributed by atoms with E-state index in [1.807, 2.05) is 6.07 Å². The maximum atomic E-state index is 12.5. The van der Waals surface area contributed by atoms with Gasteiger partial charge in [-0.25, -0.2) is 4.98 Å². The number of benzene rings is 1. The van der Waals surface area contributed by atoms with Gasteiger partial charge in [0.05, 0.1) is 19.5 Å². The van der Waals surface area contributed by atoms with Gasteiger partial charge in [0.25, 0.3) is 5.91 Å². The van der Waals surface area contributed by atoms with Gasteiger partial charge in [-0.15, -0.1) is 0 Å². The molecule has 2 aliphatic heterocycles. The third-order valence-electron chi connectivity index (χ3n) is 5.51. The van der Waals surface area contributed by atoms with Gasteiger partial charge in [0, 0.05) is 12.0 Å². The average Bonchev–Trinajstić information content (AvgIpc) is 3.27. The Morgan fingerprint density at radius 2 is 2.10 bits per heavy atom. The minimum absolute atomic E-state index is 0.00364. The fourth-order valence-electron chi connectivity index (χ4n) is 3.90. The van der Waals surface area contributed by atoms with E-state index >= 15 is 0 Å². The van der Waals surface area contributed by atoms with Crippen molar-refractivity contribution in [2.45, 2.75) is 30.5 Å². The molecule has 3 aromatic rings.